The lowest BCUT2D eigenvalue weighted by molar-refractivity contribution is -0.140. The SMILES string of the molecule is Cc1ccc2c(c1)C1CCC(CC1)OCC1[C@@H](NS(=O)(=O)C3CC3)CCCN1C(=O)CO2. The van der Waals surface area contributed by atoms with Crippen molar-refractivity contribution in [1.82, 2.24) is 9.62 Å². The number of sulfonamides is 1. The van der Waals surface area contributed by atoms with Crippen molar-refractivity contribution in [3.63, 3.8) is 0 Å². The van der Waals surface area contributed by atoms with E-state index in [0.717, 1.165) is 57.1 Å². The van der Waals surface area contributed by atoms with Gasteiger partial charge in [-0.2, -0.15) is 0 Å². The topological polar surface area (TPSA) is 84.9 Å². The molecule has 5 aliphatic rings. The van der Waals surface area contributed by atoms with Gasteiger partial charge < -0.3 is 14.4 Å². The van der Waals surface area contributed by atoms with Gasteiger partial charge in [0.25, 0.3) is 5.91 Å². The van der Waals surface area contributed by atoms with E-state index < -0.39 is 10.0 Å². The first kappa shape index (κ1) is 22.2. The number of rotatable bonds is 3. The number of fused-ring (bicyclic) bond motifs is 5. The monoisotopic (exact) mass is 462 g/mol. The minimum Gasteiger partial charge on any atom is -0.483 e. The van der Waals surface area contributed by atoms with Crippen LogP contribution >= 0.6 is 0 Å². The molecule has 0 spiro atoms. The molecule has 2 bridgehead atoms. The van der Waals surface area contributed by atoms with Gasteiger partial charge in [-0.15, -0.1) is 0 Å². The van der Waals surface area contributed by atoms with Crippen LogP contribution in [0.1, 0.15) is 68.4 Å². The lowest BCUT2D eigenvalue weighted by Gasteiger charge is -2.42. The maximum atomic E-state index is 13.2. The molecule has 176 valence electrons. The number of carbonyl (C=O) groups excluding carboxylic acids is 1. The van der Waals surface area contributed by atoms with Gasteiger partial charge in [0.05, 0.1) is 24.0 Å². The molecule has 2 atom stereocenters. The lowest BCUT2D eigenvalue weighted by atomic mass is 9.82. The Morgan fingerprint density at radius 1 is 1.06 bits per heavy atom. The van der Waals surface area contributed by atoms with Crippen LogP contribution in [-0.4, -0.2) is 62.4 Å². The summed E-state index contributed by atoms with van der Waals surface area (Å²) in [7, 11) is -3.34. The Labute approximate surface area is 190 Å². The maximum Gasteiger partial charge on any atom is 0.260 e. The summed E-state index contributed by atoms with van der Waals surface area (Å²) in [5, 5.41) is -0.275. The van der Waals surface area contributed by atoms with E-state index in [4.69, 9.17) is 9.47 Å². The Hall–Kier alpha value is -1.64. The molecular weight excluding hydrogens is 428 g/mol. The van der Waals surface area contributed by atoms with Crippen LogP contribution < -0.4 is 9.46 Å². The van der Waals surface area contributed by atoms with Crippen molar-refractivity contribution in [2.45, 2.75) is 87.6 Å². The molecule has 1 N–H and O–H groups in total. The van der Waals surface area contributed by atoms with Gasteiger partial charge in [-0.05, 0) is 75.8 Å². The summed E-state index contributed by atoms with van der Waals surface area (Å²) in [6.45, 7) is 3.02. The number of aryl methyl sites for hydroxylation is 1. The molecule has 2 aliphatic carbocycles. The quantitative estimate of drug-likeness (QED) is 0.747. The van der Waals surface area contributed by atoms with Crippen molar-refractivity contribution in [2.24, 2.45) is 0 Å². The zero-order chi connectivity index (χ0) is 22.3. The van der Waals surface area contributed by atoms with Crippen LogP contribution in [-0.2, 0) is 19.6 Å². The molecule has 1 aromatic carbocycles. The van der Waals surface area contributed by atoms with Crippen LogP contribution in [0.15, 0.2) is 18.2 Å². The third-order valence-corrected chi connectivity index (χ3v) is 9.49. The van der Waals surface area contributed by atoms with Gasteiger partial charge in [-0.3, -0.25) is 4.79 Å². The summed E-state index contributed by atoms with van der Waals surface area (Å²) in [4.78, 5) is 15.0. The first-order valence-electron chi connectivity index (χ1n) is 12.1. The van der Waals surface area contributed by atoms with Crippen molar-refractivity contribution in [1.29, 1.82) is 0 Å². The fourth-order valence-electron chi connectivity index (χ4n) is 5.51. The standard InChI is InChI=1S/C24H34N2O5S/c1-16-4-11-23-20(13-16)17-5-7-18(8-6-17)30-14-22-21(25-32(28,29)19-9-10-19)3-2-12-26(22)24(27)15-31-23/h4,11,13,17-19,21-22,25H,2-3,5-10,12,14-15H2,1H3/t17?,18?,21-,22?/m0/s1. The number of hydrogen-bond donors (Lipinski definition) is 1. The molecule has 7 nitrogen and oxygen atoms in total. The third-order valence-electron chi connectivity index (χ3n) is 7.51. The summed E-state index contributed by atoms with van der Waals surface area (Å²) >= 11 is 0. The molecular formula is C24H34N2O5S. The Morgan fingerprint density at radius 2 is 1.84 bits per heavy atom. The first-order valence-corrected chi connectivity index (χ1v) is 13.6. The van der Waals surface area contributed by atoms with E-state index >= 15 is 0 Å². The summed E-state index contributed by atoms with van der Waals surface area (Å²) in [6.07, 6.45) is 7.09. The van der Waals surface area contributed by atoms with E-state index in [2.05, 4.69) is 17.7 Å². The van der Waals surface area contributed by atoms with Gasteiger partial charge >= 0.3 is 0 Å². The zero-order valence-corrected chi connectivity index (χ0v) is 19.6. The van der Waals surface area contributed by atoms with E-state index in [1.807, 2.05) is 12.1 Å². The smallest absolute Gasteiger partial charge is 0.260 e. The predicted octanol–water partition coefficient (Wildman–Crippen LogP) is 2.87. The lowest BCUT2D eigenvalue weighted by Crippen LogP contribution is -2.60. The third kappa shape index (κ3) is 4.68. The minimum atomic E-state index is -3.34. The van der Waals surface area contributed by atoms with E-state index in [-0.39, 0.29) is 36.0 Å². The molecule has 0 radical (unpaired) electrons. The summed E-state index contributed by atoms with van der Waals surface area (Å²) in [5.74, 6) is 1.11. The van der Waals surface area contributed by atoms with Gasteiger partial charge in [0.1, 0.15) is 5.75 Å². The summed E-state index contributed by atoms with van der Waals surface area (Å²) in [5.41, 5.74) is 2.39. The molecule has 1 aromatic rings. The van der Waals surface area contributed by atoms with Crippen LogP contribution in [0.4, 0.5) is 0 Å². The highest BCUT2D eigenvalue weighted by atomic mass is 32.2. The highest BCUT2D eigenvalue weighted by Crippen LogP contribution is 2.39. The Balaban J connectivity index is 1.41. The molecule has 1 saturated heterocycles. The van der Waals surface area contributed by atoms with Crippen LogP contribution in [0.5, 0.6) is 5.75 Å². The number of amides is 1. The van der Waals surface area contributed by atoms with Crippen molar-refractivity contribution in [2.75, 3.05) is 19.8 Å². The average Bonchev–Trinajstić information content (AvgIpc) is 3.63. The Kier molecular flexibility index (Phi) is 6.20. The van der Waals surface area contributed by atoms with Crippen LogP contribution in [0, 0.1) is 6.92 Å². The average molecular weight is 463 g/mol. The van der Waals surface area contributed by atoms with E-state index in [1.54, 1.807) is 4.90 Å². The number of carbonyl (C=O) groups is 1. The molecule has 3 heterocycles. The fourth-order valence-corrected chi connectivity index (χ4v) is 7.16. The molecule has 1 unspecified atom stereocenters. The van der Waals surface area contributed by atoms with E-state index in [1.165, 1.54) is 11.1 Å². The molecule has 6 rings (SSSR count). The van der Waals surface area contributed by atoms with Gasteiger partial charge in [0.15, 0.2) is 6.61 Å². The van der Waals surface area contributed by atoms with E-state index in [9.17, 15) is 13.2 Å². The Bertz CT molecular complexity index is 953. The highest BCUT2D eigenvalue weighted by Gasteiger charge is 2.42. The summed E-state index contributed by atoms with van der Waals surface area (Å²) in [6, 6.07) is 5.60. The molecule has 8 heteroatoms. The molecule has 32 heavy (non-hydrogen) atoms. The van der Waals surface area contributed by atoms with Crippen LogP contribution in [0.3, 0.4) is 0 Å². The number of nitrogens with zero attached hydrogens (tertiary/aromatic N) is 1. The molecule has 0 aromatic heterocycles. The number of piperidine rings is 1. The second-order valence-corrected chi connectivity index (χ2v) is 11.9. The molecule has 3 fully saturated rings. The maximum absolute atomic E-state index is 13.2. The number of hydrogen-bond acceptors (Lipinski definition) is 5. The zero-order valence-electron chi connectivity index (χ0n) is 18.8. The van der Waals surface area contributed by atoms with Crippen LogP contribution in [0.25, 0.3) is 0 Å². The normalized spacial score (nSPS) is 31.5. The second-order valence-electron chi connectivity index (χ2n) is 9.90. The van der Waals surface area contributed by atoms with Gasteiger partial charge in [0.2, 0.25) is 10.0 Å². The largest absolute Gasteiger partial charge is 0.483 e. The van der Waals surface area contributed by atoms with Gasteiger partial charge in [0, 0.05) is 12.6 Å². The Morgan fingerprint density at radius 3 is 2.59 bits per heavy atom. The van der Waals surface area contributed by atoms with Crippen molar-refractivity contribution in [3.8, 4) is 5.75 Å². The molecule has 1 amide bonds. The number of benzene rings is 1. The number of ether oxygens (including phenoxy) is 2. The first-order chi connectivity index (χ1) is 15.4. The van der Waals surface area contributed by atoms with Crippen molar-refractivity contribution in [3.05, 3.63) is 29.3 Å². The van der Waals surface area contributed by atoms with E-state index in [0.29, 0.717) is 19.1 Å². The fraction of sp³-hybridized carbons (Fsp3) is 0.708. The summed E-state index contributed by atoms with van der Waals surface area (Å²) < 4.78 is 40.6. The second kappa shape index (κ2) is 8.95. The van der Waals surface area contributed by atoms with Gasteiger partial charge in [-0.25, -0.2) is 13.1 Å². The highest BCUT2D eigenvalue weighted by molar-refractivity contribution is 7.90. The van der Waals surface area contributed by atoms with Crippen molar-refractivity contribution < 1.29 is 22.7 Å². The predicted molar refractivity (Wildman–Crippen MR) is 121 cm³/mol. The van der Waals surface area contributed by atoms with Gasteiger partial charge in [-0.1, -0.05) is 17.7 Å². The number of nitrogens with one attached hydrogen (secondary N) is 1. The van der Waals surface area contributed by atoms with Crippen molar-refractivity contribution >= 4 is 15.9 Å². The molecule has 2 saturated carbocycles. The minimum absolute atomic E-state index is 0.0369. The molecule has 3 aliphatic heterocycles. The van der Waals surface area contributed by atoms with Crippen LogP contribution in [0.2, 0.25) is 0 Å².